The monoisotopic (exact) mass is 451 g/mol. The van der Waals surface area contributed by atoms with Crippen LogP contribution in [0.2, 0.25) is 0 Å². The maximum Gasteiger partial charge on any atom is 0.242 e. The number of nitrogens with zero attached hydrogens (tertiary/aromatic N) is 3. The van der Waals surface area contributed by atoms with Gasteiger partial charge in [-0.15, -0.1) is 0 Å². The van der Waals surface area contributed by atoms with Crippen LogP contribution in [0.15, 0.2) is 48.7 Å². The van der Waals surface area contributed by atoms with Crippen molar-refractivity contribution in [3.8, 4) is 0 Å². The molecule has 2 aromatic rings. The molecule has 0 N–H and O–H groups in total. The summed E-state index contributed by atoms with van der Waals surface area (Å²) < 4.78 is 2.24. The predicted octanol–water partition coefficient (Wildman–Crippen LogP) is 5.48. The van der Waals surface area contributed by atoms with Gasteiger partial charge >= 0.3 is 0 Å². The number of hydrogen-bond donors (Lipinski definition) is 0. The van der Waals surface area contributed by atoms with Crippen molar-refractivity contribution in [3.05, 3.63) is 59.9 Å². The minimum atomic E-state index is -0.0964. The molecule has 1 aliphatic rings. The molecule has 0 saturated heterocycles. The van der Waals surface area contributed by atoms with Crippen LogP contribution >= 0.6 is 0 Å². The average molecular weight is 452 g/mol. The molecule has 0 bridgehead atoms. The van der Waals surface area contributed by atoms with Gasteiger partial charge in [-0.3, -0.25) is 9.59 Å². The van der Waals surface area contributed by atoms with Gasteiger partial charge in [0.1, 0.15) is 0 Å². The molecule has 1 aromatic carbocycles. The summed E-state index contributed by atoms with van der Waals surface area (Å²) in [4.78, 5) is 30.3. The Morgan fingerprint density at radius 3 is 2.42 bits per heavy atom. The SMILES string of the molecule is CCCCN(CC(=O)N(Cc1cccn1Cc1ccccc1)C1CCCCC1)C(=O)C(C)C. The highest BCUT2D eigenvalue weighted by Gasteiger charge is 2.29. The minimum absolute atomic E-state index is 0.0767. The number of carbonyl (C=O) groups excluding carboxylic acids is 2. The van der Waals surface area contributed by atoms with E-state index < -0.39 is 0 Å². The van der Waals surface area contributed by atoms with Crippen LogP contribution in [0.1, 0.15) is 77.0 Å². The number of carbonyl (C=O) groups is 2. The van der Waals surface area contributed by atoms with Crippen LogP contribution in [0.3, 0.4) is 0 Å². The van der Waals surface area contributed by atoms with E-state index in [-0.39, 0.29) is 30.3 Å². The quantitative estimate of drug-likeness (QED) is 0.454. The first-order valence-electron chi connectivity index (χ1n) is 12.8. The predicted molar refractivity (Wildman–Crippen MR) is 134 cm³/mol. The van der Waals surface area contributed by atoms with Gasteiger partial charge in [0.15, 0.2) is 0 Å². The van der Waals surface area contributed by atoms with E-state index in [0.717, 1.165) is 37.9 Å². The van der Waals surface area contributed by atoms with Crippen LogP contribution in [-0.4, -0.2) is 45.3 Å². The van der Waals surface area contributed by atoms with Gasteiger partial charge in [-0.2, -0.15) is 0 Å². The van der Waals surface area contributed by atoms with E-state index in [9.17, 15) is 9.59 Å². The van der Waals surface area contributed by atoms with Gasteiger partial charge in [0, 0.05) is 36.9 Å². The molecule has 0 radical (unpaired) electrons. The van der Waals surface area contributed by atoms with E-state index in [2.05, 4.69) is 59.0 Å². The maximum absolute atomic E-state index is 13.7. The summed E-state index contributed by atoms with van der Waals surface area (Å²) in [6, 6.07) is 14.9. The zero-order valence-electron chi connectivity index (χ0n) is 20.7. The number of benzene rings is 1. The molecule has 5 heteroatoms. The first-order chi connectivity index (χ1) is 16.0. The van der Waals surface area contributed by atoms with Gasteiger partial charge in [-0.1, -0.05) is 76.8 Å². The van der Waals surface area contributed by atoms with E-state index in [0.29, 0.717) is 13.1 Å². The summed E-state index contributed by atoms with van der Waals surface area (Å²) in [5.41, 5.74) is 2.40. The molecular weight excluding hydrogens is 410 g/mol. The van der Waals surface area contributed by atoms with Crippen molar-refractivity contribution in [2.45, 2.75) is 84.8 Å². The fourth-order valence-corrected chi connectivity index (χ4v) is 4.75. The van der Waals surface area contributed by atoms with E-state index in [1.54, 1.807) is 4.90 Å². The summed E-state index contributed by atoms with van der Waals surface area (Å²) in [7, 11) is 0. The third kappa shape index (κ3) is 7.21. The number of hydrogen-bond acceptors (Lipinski definition) is 2. The summed E-state index contributed by atoms with van der Waals surface area (Å²) in [5.74, 6) is 0.0632. The van der Waals surface area contributed by atoms with E-state index in [1.807, 2.05) is 19.9 Å². The van der Waals surface area contributed by atoms with Crippen molar-refractivity contribution < 1.29 is 9.59 Å². The molecular formula is C28H41N3O2. The first-order valence-corrected chi connectivity index (χ1v) is 12.8. The lowest BCUT2D eigenvalue weighted by Crippen LogP contribution is -2.48. The summed E-state index contributed by atoms with van der Waals surface area (Å²) in [5, 5.41) is 0. The highest BCUT2D eigenvalue weighted by Crippen LogP contribution is 2.25. The number of aromatic nitrogens is 1. The van der Waals surface area contributed by atoms with Gasteiger partial charge in [0.05, 0.1) is 13.1 Å². The maximum atomic E-state index is 13.7. The van der Waals surface area contributed by atoms with Crippen LogP contribution < -0.4 is 0 Å². The lowest BCUT2D eigenvalue weighted by atomic mass is 9.94. The first kappa shape index (κ1) is 25.1. The number of rotatable bonds is 11. The summed E-state index contributed by atoms with van der Waals surface area (Å²) in [6.45, 7) is 8.19. The molecule has 0 aliphatic heterocycles. The lowest BCUT2D eigenvalue weighted by molar-refractivity contribution is -0.144. The zero-order valence-corrected chi connectivity index (χ0v) is 20.7. The Balaban J connectivity index is 1.78. The molecule has 2 amide bonds. The van der Waals surface area contributed by atoms with Crippen molar-refractivity contribution in [2.75, 3.05) is 13.1 Å². The van der Waals surface area contributed by atoms with Crippen LogP contribution in [-0.2, 0) is 22.7 Å². The van der Waals surface area contributed by atoms with Gasteiger partial charge in [-0.25, -0.2) is 0 Å². The molecule has 1 aromatic heterocycles. The van der Waals surface area contributed by atoms with E-state index in [1.165, 1.54) is 24.8 Å². The molecule has 3 rings (SSSR count). The van der Waals surface area contributed by atoms with Crippen molar-refractivity contribution >= 4 is 11.8 Å². The molecule has 180 valence electrons. The van der Waals surface area contributed by atoms with Gasteiger partial charge in [-0.05, 0) is 37.0 Å². The number of unbranched alkanes of at least 4 members (excludes halogenated alkanes) is 1. The Morgan fingerprint density at radius 2 is 1.76 bits per heavy atom. The molecule has 1 saturated carbocycles. The number of amides is 2. The van der Waals surface area contributed by atoms with Crippen molar-refractivity contribution in [1.82, 2.24) is 14.4 Å². The smallest absolute Gasteiger partial charge is 0.242 e. The zero-order chi connectivity index (χ0) is 23.6. The van der Waals surface area contributed by atoms with Crippen molar-refractivity contribution in [2.24, 2.45) is 5.92 Å². The minimum Gasteiger partial charge on any atom is -0.345 e. The Kier molecular flexibility index (Phi) is 9.59. The Labute approximate surface area is 199 Å². The normalized spacial score (nSPS) is 14.4. The third-order valence-electron chi connectivity index (χ3n) is 6.70. The second kappa shape index (κ2) is 12.6. The second-order valence-corrected chi connectivity index (χ2v) is 9.69. The molecule has 0 atom stereocenters. The van der Waals surface area contributed by atoms with Gasteiger partial charge < -0.3 is 14.4 Å². The fourth-order valence-electron chi connectivity index (χ4n) is 4.75. The Morgan fingerprint density at radius 1 is 1.03 bits per heavy atom. The Bertz CT molecular complexity index is 868. The second-order valence-electron chi connectivity index (χ2n) is 9.69. The van der Waals surface area contributed by atoms with Crippen molar-refractivity contribution in [1.29, 1.82) is 0 Å². The van der Waals surface area contributed by atoms with Gasteiger partial charge in [0.25, 0.3) is 0 Å². The largest absolute Gasteiger partial charge is 0.345 e. The molecule has 0 spiro atoms. The topological polar surface area (TPSA) is 45.6 Å². The standard InChI is InChI=1S/C28H41N3O2/c1-4-5-18-30(28(33)23(2)3)22-27(32)31(25-15-10-7-11-16-25)21-26-17-12-19-29(26)20-24-13-8-6-9-14-24/h6,8-9,12-14,17,19,23,25H,4-5,7,10-11,15-16,18,20-22H2,1-3H3. The molecule has 0 unspecified atom stereocenters. The molecule has 1 heterocycles. The highest BCUT2D eigenvalue weighted by molar-refractivity contribution is 5.85. The van der Waals surface area contributed by atoms with Crippen molar-refractivity contribution in [3.63, 3.8) is 0 Å². The molecule has 5 nitrogen and oxygen atoms in total. The van der Waals surface area contributed by atoms with Crippen LogP contribution in [0.5, 0.6) is 0 Å². The van der Waals surface area contributed by atoms with Gasteiger partial charge in [0.2, 0.25) is 11.8 Å². The molecule has 1 fully saturated rings. The fraction of sp³-hybridized carbons (Fsp3) is 0.571. The Hall–Kier alpha value is -2.56. The summed E-state index contributed by atoms with van der Waals surface area (Å²) >= 11 is 0. The average Bonchev–Trinajstić information content (AvgIpc) is 3.27. The van der Waals surface area contributed by atoms with E-state index in [4.69, 9.17) is 0 Å². The molecule has 33 heavy (non-hydrogen) atoms. The highest BCUT2D eigenvalue weighted by atomic mass is 16.2. The van der Waals surface area contributed by atoms with Crippen LogP contribution in [0.4, 0.5) is 0 Å². The van der Waals surface area contributed by atoms with E-state index >= 15 is 0 Å². The summed E-state index contributed by atoms with van der Waals surface area (Å²) in [6.07, 6.45) is 9.73. The van der Waals surface area contributed by atoms with Crippen LogP contribution in [0, 0.1) is 5.92 Å². The van der Waals surface area contributed by atoms with Crippen LogP contribution in [0.25, 0.3) is 0 Å². The third-order valence-corrected chi connectivity index (χ3v) is 6.70. The lowest BCUT2D eigenvalue weighted by Gasteiger charge is -2.36. The molecule has 1 aliphatic carbocycles.